The molecule has 2 rings (SSSR count). The predicted molar refractivity (Wildman–Crippen MR) is 72.9 cm³/mol. The van der Waals surface area contributed by atoms with Crippen molar-refractivity contribution in [2.75, 3.05) is 5.73 Å². The van der Waals surface area contributed by atoms with E-state index in [9.17, 15) is 0 Å². The number of pyridine rings is 1. The van der Waals surface area contributed by atoms with Gasteiger partial charge in [-0.05, 0) is 34.1 Å². The number of nitrogens with zero attached hydrogens (tertiary/aromatic N) is 1. The fourth-order valence-corrected chi connectivity index (χ4v) is 1.96. The van der Waals surface area contributed by atoms with Crippen LogP contribution < -0.4 is 10.5 Å². The minimum atomic E-state index is 0.347. The molecule has 0 aliphatic carbocycles. The first-order chi connectivity index (χ1) is 8.08. The van der Waals surface area contributed by atoms with Gasteiger partial charge in [-0.1, -0.05) is 29.3 Å². The summed E-state index contributed by atoms with van der Waals surface area (Å²) in [5, 5.41) is 0.774. The zero-order chi connectivity index (χ0) is 12.4. The molecule has 0 unspecified atom stereocenters. The second-order valence-corrected chi connectivity index (χ2v) is 4.85. The molecule has 0 radical (unpaired) electrons. The van der Waals surface area contributed by atoms with Gasteiger partial charge in [0.25, 0.3) is 0 Å². The number of anilines is 1. The molecule has 0 spiro atoms. The van der Waals surface area contributed by atoms with Gasteiger partial charge in [-0.3, -0.25) is 0 Å². The summed E-state index contributed by atoms with van der Waals surface area (Å²) in [4.78, 5) is 4.05. The Morgan fingerprint density at radius 3 is 2.76 bits per heavy atom. The maximum Gasteiger partial charge on any atom is 0.233 e. The zero-order valence-electron chi connectivity index (χ0n) is 8.45. The first-order valence-corrected chi connectivity index (χ1v) is 6.15. The van der Waals surface area contributed by atoms with E-state index >= 15 is 0 Å². The van der Waals surface area contributed by atoms with Gasteiger partial charge in [0.05, 0.1) is 21.4 Å². The normalized spacial score (nSPS) is 10.3. The van der Waals surface area contributed by atoms with Crippen LogP contribution in [-0.2, 0) is 0 Å². The summed E-state index contributed by atoms with van der Waals surface area (Å²) in [6.45, 7) is 0. The quantitative estimate of drug-likeness (QED) is 0.878. The van der Waals surface area contributed by atoms with Crippen molar-refractivity contribution >= 4 is 44.8 Å². The van der Waals surface area contributed by atoms with E-state index < -0.39 is 0 Å². The Balaban J connectivity index is 2.35. The highest BCUT2D eigenvalue weighted by atomic mass is 79.9. The number of aromatic nitrogens is 1. The summed E-state index contributed by atoms with van der Waals surface area (Å²) in [5.74, 6) is 0.820. The van der Waals surface area contributed by atoms with E-state index in [1.165, 1.54) is 6.20 Å². The van der Waals surface area contributed by atoms with Crippen molar-refractivity contribution in [2.24, 2.45) is 0 Å². The van der Waals surface area contributed by atoms with Gasteiger partial charge < -0.3 is 10.5 Å². The lowest BCUT2D eigenvalue weighted by molar-refractivity contribution is 0.460. The van der Waals surface area contributed by atoms with Crippen LogP contribution in [0.4, 0.5) is 5.69 Å². The molecule has 0 aliphatic rings. The highest BCUT2D eigenvalue weighted by Crippen LogP contribution is 2.36. The van der Waals surface area contributed by atoms with Gasteiger partial charge in [0, 0.05) is 0 Å². The summed E-state index contributed by atoms with van der Waals surface area (Å²) in [5.41, 5.74) is 6.12. The van der Waals surface area contributed by atoms with Crippen LogP contribution in [0.3, 0.4) is 0 Å². The van der Waals surface area contributed by atoms with Crippen LogP contribution in [0.25, 0.3) is 0 Å². The lowest BCUT2D eigenvalue weighted by atomic mass is 10.3. The second kappa shape index (κ2) is 5.12. The highest BCUT2D eigenvalue weighted by molar-refractivity contribution is 9.10. The van der Waals surface area contributed by atoms with Crippen LogP contribution in [-0.4, -0.2) is 4.98 Å². The molecule has 17 heavy (non-hydrogen) atoms. The molecule has 0 bridgehead atoms. The van der Waals surface area contributed by atoms with Crippen LogP contribution in [0.5, 0.6) is 11.6 Å². The average molecular weight is 334 g/mol. The Morgan fingerprint density at radius 2 is 2.06 bits per heavy atom. The number of ether oxygens (including phenoxy) is 1. The van der Waals surface area contributed by atoms with Gasteiger partial charge in [-0.15, -0.1) is 0 Å². The van der Waals surface area contributed by atoms with E-state index in [1.807, 2.05) is 0 Å². The Kier molecular flexibility index (Phi) is 3.76. The summed E-state index contributed by atoms with van der Waals surface area (Å²) < 4.78 is 6.19. The molecule has 0 aliphatic heterocycles. The summed E-state index contributed by atoms with van der Waals surface area (Å²) in [7, 11) is 0. The molecule has 0 saturated heterocycles. The fraction of sp³-hybridized carbons (Fsp3) is 0. The topological polar surface area (TPSA) is 48.1 Å². The van der Waals surface area contributed by atoms with Crippen molar-refractivity contribution in [3.63, 3.8) is 0 Å². The summed E-state index contributed by atoms with van der Waals surface area (Å²) in [6.07, 6.45) is 1.50. The average Bonchev–Trinajstić information content (AvgIpc) is 2.28. The van der Waals surface area contributed by atoms with Gasteiger partial charge in [0.2, 0.25) is 5.88 Å². The number of halogens is 3. The molecule has 0 atom stereocenters. The fourth-order valence-electron chi connectivity index (χ4n) is 1.18. The molecule has 2 aromatic rings. The monoisotopic (exact) mass is 332 g/mol. The van der Waals surface area contributed by atoms with Crippen molar-refractivity contribution in [3.05, 3.63) is 45.0 Å². The van der Waals surface area contributed by atoms with E-state index in [-0.39, 0.29) is 0 Å². The first-order valence-electron chi connectivity index (χ1n) is 4.61. The number of nitrogens with two attached hydrogens (primary N) is 1. The Morgan fingerprint density at radius 1 is 1.29 bits per heavy atom. The Hall–Kier alpha value is -0.970. The minimum Gasteiger partial charge on any atom is -0.436 e. The number of benzene rings is 1. The molecule has 6 heteroatoms. The third-order valence-electron chi connectivity index (χ3n) is 1.95. The van der Waals surface area contributed by atoms with Crippen LogP contribution in [0.2, 0.25) is 10.0 Å². The number of hydrogen-bond donors (Lipinski definition) is 1. The lowest BCUT2D eigenvalue weighted by Crippen LogP contribution is -1.92. The maximum absolute atomic E-state index is 6.00. The van der Waals surface area contributed by atoms with Crippen LogP contribution >= 0.6 is 39.1 Å². The maximum atomic E-state index is 6.00. The molecule has 1 aromatic heterocycles. The number of nitrogen functional groups attached to an aromatic ring is 1. The summed E-state index contributed by atoms with van der Waals surface area (Å²) >= 11 is 15.2. The molecule has 3 nitrogen and oxygen atoms in total. The highest BCUT2D eigenvalue weighted by Gasteiger charge is 2.09. The van der Waals surface area contributed by atoms with Crippen molar-refractivity contribution < 1.29 is 4.74 Å². The zero-order valence-corrected chi connectivity index (χ0v) is 11.6. The summed E-state index contributed by atoms with van der Waals surface area (Å²) in [6, 6.07) is 6.83. The molecule has 0 saturated carbocycles. The largest absolute Gasteiger partial charge is 0.436 e. The Bertz CT molecular complexity index is 563. The van der Waals surface area contributed by atoms with Crippen molar-refractivity contribution in [1.82, 2.24) is 4.98 Å². The van der Waals surface area contributed by atoms with Gasteiger partial charge in [0.15, 0.2) is 0 Å². The van der Waals surface area contributed by atoms with E-state index in [1.54, 1.807) is 24.3 Å². The third-order valence-corrected chi connectivity index (χ3v) is 3.32. The van der Waals surface area contributed by atoms with E-state index in [2.05, 4.69) is 20.9 Å². The van der Waals surface area contributed by atoms with Crippen LogP contribution in [0, 0.1) is 0 Å². The van der Waals surface area contributed by atoms with Gasteiger partial charge in [0.1, 0.15) is 10.8 Å². The molecule has 1 heterocycles. The minimum absolute atomic E-state index is 0.347. The smallest absolute Gasteiger partial charge is 0.233 e. The Labute approximate surface area is 117 Å². The van der Waals surface area contributed by atoms with Gasteiger partial charge >= 0.3 is 0 Å². The SMILES string of the molecule is Nc1cnc(Oc2cccc(Cl)c2Cl)c(Br)c1. The van der Waals surface area contributed by atoms with E-state index in [0.717, 1.165) is 0 Å². The van der Waals surface area contributed by atoms with Gasteiger partial charge in [-0.2, -0.15) is 0 Å². The van der Waals surface area contributed by atoms with Crippen molar-refractivity contribution in [3.8, 4) is 11.6 Å². The van der Waals surface area contributed by atoms with Crippen molar-refractivity contribution in [1.29, 1.82) is 0 Å². The molecule has 0 fully saturated rings. The lowest BCUT2D eigenvalue weighted by Gasteiger charge is -2.09. The molecular weight excluding hydrogens is 327 g/mol. The van der Waals surface area contributed by atoms with E-state index in [4.69, 9.17) is 33.7 Å². The van der Waals surface area contributed by atoms with E-state index in [0.29, 0.717) is 31.8 Å². The number of hydrogen-bond acceptors (Lipinski definition) is 3. The first kappa shape index (κ1) is 12.5. The van der Waals surface area contributed by atoms with Crippen molar-refractivity contribution in [2.45, 2.75) is 0 Å². The molecule has 0 amide bonds. The van der Waals surface area contributed by atoms with Crippen LogP contribution in [0.15, 0.2) is 34.9 Å². The third kappa shape index (κ3) is 2.83. The molecule has 1 aromatic carbocycles. The number of rotatable bonds is 2. The predicted octanol–water partition coefficient (Wildman–Crippen LogP) is 4.53. The second-order valence-electron chi connectivity index (χ2n) is 3.21. The van der Waals surface area contributed by atoms with Gasteiger partial charge in [-0.25, -0.2) is 4.98 Å². The molecular formula is C11H7BrCl2N2O. The molecule has 88 valence electrons. The standard InChI is InChI=1S/C11H7BrCl2N2O/c12-7-4-6(15)5-16-11(7)17-9-3-1-2-8(13)10(9)14/h1-5H,15H2. The van der Waals surface area contributed by atoms with Crippen LogP contribution in [0.1, 0.15) is 0 Å². The molecule has 2 N–H and O–H groups in total.